The Bertz CT molecular complexity index is 328. The van der Waals surface area contributed by atoms with Gasteiger partial charge in [0.15, 0.2) is 5.84 Å². The van der Waals surface area contributed by atoms with Crippen molar-refractivity contribution in [1.29, 1.82) is 0 Å². The second-order valence-corrected chi connectivity index (χ2v) is 4.43. The Morgan fingerprint density at radius 2 is 2.00 bits per heavy atom. The fraction of sp³-hybridized carbons (Fsp3) is 0.727. The summed E-state index contributed by atoms with van der Waals surface area (Å²) >= 11 is 0. The molecule has 0 heterocycles. The second-order valence-electron chi connectivity index (χ2n) is 4.43. The zero-order chi connectivity index (χ0) is 14.3. The number of rotatable bonds is 6. The van der Waals surface area contributed by atoms with Gasteiger partial charge in [-0.15, -0.1) is 0 Å². The topological polar surface area (TPSA) is 108 Å². The standard InChI is InChI=1S/C11H22N4O3/c1-7(2)9(10(12)14-18)11(17)15(4)6-5-8(16)13-3/h7,9,18H,5-6H2,1-4H3,(H2,12,14)(H,13,16). The Labute approximate surface area is 107 Å². The highest BCUT2D eigenvalue weighted by Gasteiger charge is 2.29. The highest BCUT2D eigenvalue weighted by atomic mass is 16.4. The molecule has 7 nitrogen and oxygen atoms in total. The van der Waals surface area contributed by atoms with Crippen molar-refractivity contribution in [2.45, 2.75) is 20.3 Å². The summed E-state index contributed by atoms with van der Waals surface area (Å²) in [7, 11) is 3.13. The number of carbonyl (C=O) groups excluding carboxylic acids is 2. The lowest BCUT2D eigenvalue weighted by Gasteiger charge is -2.25. The van der Waals surface area contributed by atoms with E-state index in [4.69, 9.17) is 10.9 Å². The van der Waals surface area contributed by atoms with E-state index in [9.17, 15) is 9.59 Å². The van der Waals surface area contributed by atoms with E-state index in [-0.39, 0.29) is 30.0 Å². The van der Waals surface area contributed by atoms with E-state index < -0.39 is 5.92 Å². The molecule has 0 aliphatic heterocycles. The molecule has 0 rings (SSSR count). The number of carbonyl (C=O) groups is 2. The molecule has 0 saturated heterocycles. The lowest BCUT2D eigenvalue weighted by Crippen LogP contribution is -2.43. The first-order chi connectivity index (χ1) is 8.34. The SMILES string of the molecule is CNC(=O)CCN(C)C(=O)C(C(N)=NO)C(C)C. The number of nitrogens with zero attached hydrogens (tertiary/aromatic N) is 2. The molecular weight excluding hydrogens is 236 g/mol. The Morgan fingerprint density at radius 3 is 2.39 bits per heavy atom. The normalized spacial score (nSPS) is 13.3. The minimum Gasteiger partial charge on any atom is -0.409 e. The van der Waals surface area contributed by atoms with Crippen LogP contribution in [0.25, 0.3) is 0 Å². The van der Waals surface area contributed by atoms with Crippen LogP contribution in [0.4, 0.5) is 0 Å². The Morgan fingerprint density at radius 1 is 1.44 bits per heavy atom. The lowest BCUT2D eigenvalue weighted by molar-refractivity contribution is -0.133. The average molecular weight is 258 g/mol. The van der Waals surface area contributed by atoms with Crippen LogP contribution in [0.5, 0.6) is 0 Å². The molecule has 0 aromatic rings. The van der Waals surface area contributed by atoms with E-state index in [0.717, 1.165) is 0 Å². The van der Waals surface area contributed by atoms with Crippen molar-refractivity contribution in [3.63, 3.8) is 0 Å². The molecule has 0 radical (unpaired) electrons. The fourth-order valence-electron chi connectivity index (χ4n) is 1.56. The predicted molar refractivity (Wildman–Crippen MR) is 68.1 cm³/mol. The van der Waals surface area contributed by atoms with Gasteiger partial charge >= 0.3 is 0 Å². The molecule has 0 aromatic carbocycles. The minimum atomic E-state index is -0.676. The quantitative estimate of drug-likeness (QED) is 0.261. The summed E-state index contributed by atoms with van der Waals surface area (Å²) in [4.78, 5) is 24.6. The summed E-state index contributed by atoms with van der Waals surface area (Å²) in [5.41, 5.74) is 5.51. The van der Waals surface area contributed by atoms with Gasteiger partial charge in [0.1, 0.15) is 5.92 Å². The van der Waals surface area contributed by atoms with Crippen LogP contribution < -0.4 is 11.1 Å². The maximum atomic E-state index is 12.1. The second kappa shape index (κ2) is 7.52. The molecule has 0 spiro atoms. The molecule has 4 N–H and O–H groups in total. The van der Waals surface area contributed by atoms with Crippen LogP contribution in [0.3, 0.4) is 0 Å². The van der Waals surface area contributed by atoms with Crippen molar-refractivity contribution in [1.82, 2.24) is 10.2 Å². The third-order valence-corrected chi connectivity index (χ3v) is 2.70. The van der Waals surface area contributed by atoms with Gasteiger partial charge in [-0.25, -0.2) is 0 Å². The van der Waals surface area contributed by atoms with Crippen LogP contribution in [0.15, 0.2) is 5.16 Å². The first-order valence-electron chi connectivity index (χ1n) is 5.78. The van der Waals surface area contributed by atoms with E-state index in [1.165, 1.54) is 11.9 Å². The van der Waals surface area contributed by atoms with Crippen molar-refractivity contribution in [3.05, 3.63) is 0 Å². The van der Waals surface area contributed by atoms with Crippen molar-refractivity contribution in [3.8, 4) is 0 Å². The van der Waals surface area contributed by atoms with Gasteiger partial charge in [-0.1, -0.05) is 19.0 Å². The van der Waals surface area contributed by atoms with Gasteiger partial charge in [0.05, 0.1) is 0 Å². The number of amidine groups is 1. The average Bonchev–Trinajstić information content (AvgIpc) is 2.34. The molecule has 0 aromatic heterocycles. The van der Waals surface area contributed by atoms with E-state index in [1.54, 1.807) is 7.05 Å². The minimum absolute atomic E-state index is 0.0872. The molecule has 2 amide bonds. The van der Waals surface area contributed by atoms with Crippen LogP contribution in [0.1, 0.15) is 20.3 Å². The smallest absolute Gasteiger partial charge is 0.233 e. The molecule has 7 heteroatoms. The monoisotopic (exact) mass is 258 g/mol. The van der Waals surface area contributed by atoms with Gasteiger partial charge in [0.25, 0.3) is 0 Å². The number of amides is 2. The third kappa shape index (κ3) is 4.60. The first kappa shape index (κ1) is 16.2. The summed E-state index contributed by atoms with van der Waals surface area (Å²) < 4.78 is 0. The van der Waals surface area contributed by atoms with Gasteiger partial charge in [-0.3, -0.25) is 9.59 Å². The van der Waals surface area contributed by atoms with Crippen LogP contribution in [0, 0.1) is 11.8 Å². The summed E-state index contributed by atoms with van der Waals surface area (Å²) in [6, 6.07) is 0. The molecule has 0 aliphatic carbocycles. The van der Waals surface area contributed by atoms with Crippen LogP contribution in [-0.2, 0) is 9.59 Å². The van der Waals surface area contributed by atoms with Gasteiger partial charge in [-0.2, -0.15) is 0 Å². The molecule has 1 unspecified atom stereocenters. The molecule has 18 heavy (non-hydrogen) atoms. The number of nitrogens with one attached hydrogen (secondary N) is 1. The van der Waals surface area contributed by atoms with Crippen molar-refractivity contribution >= 4 is 17.6 Å². The number of hydrogen-bond acceptors (Lipinski definition) is 4. The van der Waals surface area contributed by atoms with E-state index >= 15 is 0 Å². The Balaban J connectivity index is 4.63. The molecule has 0 bridgehead atoms. The van der Waals surface area contributed by atoms with Crippen LogP contribution in [0.2, 0.25) is 0 Å². The highest BCUT2D eigenvalue weighted by molar-refractivity contribution is 6.02. The van der Waals surface area contributed by atoms with E-state index in [2.05, 4.69) is 10.5 Å². The summed E-state index contributed by atoms with van der Waals surface area (Å²) in [5.74, 6) is -1.27. The van der Waals surface area contributed by atoms with Gasteiger partial charge in [0, 0.05) is 27.1 Å². The van der Waals surface area contributed by atoms with Crippen molar-refractivity contribution in [2.75, 3.05) is 20.6 Å². The molecule has 0 aliphatic rings. The van der Waals surface area contributed by atoms with Crippen LogP contribution >= 0.6 is 0 Å². The van der Waals surface area contributed by atoms with Crippen LogP contribution in [-0.4, -0.2) is 48.4 Å². The molecule has 0 saturated carbocycles. The van der Waals surface area contributed by atoms with Crippen molar-refractivity contribution < 1.29 is 14.8 Å². The molecular formula is C11H22N4O3. The maximum Gasteiger partial charge on any atom is 0.233 e. The predicted octanol–water partition coefficient (Wildman–Crippen LogP) is -0.400. The third-order valence-electron chi connectivity index (χ3n) is 2.70. The van der Waals surface area contributed by atoms with Gasteiger partial charge < -0.3 is 21.2 Å². The van der Waals surface area contributed by atoms with E-state index in [0.29, 0.717) is 6.54 Å². The zero-order valence-corrected chi connectivity index (χ0v) is 11.3. The van der Waals surface area contributed by atoms with E-state index in [1.807, 2.05) is 13.8 Å². The highest BCUT2D eigenvalue weighted by Crippen LogP contribution is 2.14. The summed E-state index contributed by atoms with van der Waals surface area (Å²) in [6.45, 7) is 3.92. The zero-order valence-electron chi connectivity index (χ0n) is 11.3. The largest absolute Gasteiger partial charge is 0.409 e. The summed E-state index contributed by atoms with van der Waals surface area (Å²) in [5, 5.41) is 14.0. The van der Waals surface area contributed by atoms with Crippen molar-refractivity contribution in [2.24, 2.45) is 22.7 Å². The van der Waals surface area contributed by atoms with Gasteiger partial charge in [-0.05, 0) is 5.92 Å². The Kier molecular flexibility index (Phi) is 6.77. The molecule has 1 atom stereocenters. The summed E-state index contributed by atoms with van der Waals surface area (Å²) in [6.07, 6.45) is 0.222. The lowest BCUT2D eigenvalue weighted by atomic mass is 9.93. The number of hydrogen-bond donors (Lipinski definition) is 3. The van der Waals surface area contributed by atoms with Gasteiger partial charge in [0.2, 0.25) is 11.8 Å². The first-order valence-corrected chi connectivity index (χ1v) is 5.78. The fourth-order valence-corrected chi connectivity index (χ4v) is 1.56. The molecule has 0 fully saturated rings. The Hall–Kier alpha value is -1.79. The number of nitrogens with two attached hydrogens (primary N) is 1. The number of oxime groups is 1. The maximum absolute atomic E-state index is 12.1. The molecule has 104 valence electrons.